The monoisotopic (exact) mass is 499 g/mol. The van der Waals surface area contributed by atoms with Gasteiger partial charge in [-0.15, -0.1) is 0 Å². The van der Waals surface area contributed by atoms with Crippen LogP contribution in [0.25, 0.3) is 0 Å². The van der Waals surface area contributed by atoms with Crippen LogP contribution < -0.4 is 14.4 Å². The minimum atomic E-state index is -4.41. The maximum atomic E-state index is 13.0. The molecule has 1 amide bonds. The van der Waals surface area contributed by atoms with Crippen LogP contribution in [-0.4, -0.2) is 58.6 Å². The highest BCUT2D eigenvalue weighted by atomic mass is 32.2. The average Bonchev–Trinajstić information content (AvgIpc) is 2.81. The van der Waals surface area contributed by atoms with Crippen LogP contribution in [0.2, 0.25) is 0 Å². The zero-order valence-corrected chi connectivity index (χ0v) is 19.9. The van der Waals surface area contributed by atoms with Gasteiger partial charge < -0.3 is 14.5 Å². The Morgan fingerprint density at radius 3 is 2.41 bits per heavy atom. The van der Waals surface area contributed by atoms with Gasteiger partial charge in [0.25, 0.3) is 5.91 Å². The van der Waals surface area contributed by atoms with Crippen molar-refractivity contribution in [2.45, 2.75) is 31.3 Å². The molecule has 0 radical (unpaired) electrons. The average molecular weight is 500 g/mol. The first-order chi connectivity index (χ1) is 16.0. The van der Waals surface area contributed by atoms with Crippen molar-refractivity contribution in [3.8, 4) is 5.75 Å². The van der Waals surface area contributed by atoms with Crippen LogP contribution in [0.4, 0.5) is 18.9 Å². The lowest BCUT2D eigenvalue weighted by Crippen LogP contribution is -2.50. The predicted octanol–water partition coefficient (Wildman–Crippen LogP) is 3.43. The van der Waals surface area contributed by atoms with Crippen molar-refractivity contribution in [3.63, 3.8) is 0 Å². The predicted molar refractivity (Wildman–Crippen MR) is 122 cm³/mol. The van der Waals surface area contributed by atoms with Gasteiger partial charge >= 0.3 is 6.18 Å². The largest absolute Gasteiger partial charge is 0.483 e. The van der Waals surface area contributed by atoms with Gasteiger partial charge in [-0.25, -0.2) is 13.1 Å². The van der Waals surface area contributed by atoms with Crippen LogP contribution in [0, 0.1) is 6.92 Å². The number of nitrogens with one attached hydrogen (secondary N) is 1. The number of aryl methyl sites for hydroxylation is 1. The summed E-state index contributed by atoms with van der Waals surface area (Å²) < 4.78 is 71.5. The summed E-state index contributed by atoms with van der Waals surface area (Å²) in [5.74, 6) is 0.162. The van der Waals surface area contributed by atoms with Crippen molar-refractivity contribution >= 4 is 21.6 Å². The molecule has 186 valence electrons. The Kier molecular flexibility index (Phi) is 8.09. The van der Waals surface area contributed by atoms with E-state index in [2.05, 4.69) is 4.72 Å². The Balaban J connectivity index is 1.54. The number of hydrogen-bond donors (Lipinski definition) is 1. The van der Waals surface area contributed by atoms with Gasteiger partial charge in [0.15, 0.2) is 6.61 Å². The molecule has 1 saturated heterocycles. The summed E-state index contributed by atoms with van der Waals surface area (Å²) in [4.78, 5) is 16.1. The van der Waals surface area contributed by atoms with Gasteiger partial charge in [0.05, 0.1) is 10.5 Å². The Morgan fingerprint density at radius 1 is 1.09 bits per heavy atom. The molecular formula is C23H28F3N3O4S. The molecule has 0 aromatic heterocycles. The molecule has 7 nitrogen and oxygen atoms in total. The Bertz CT molecular complexity index is 1110. The number of carbonyl (C=O) groups is 1. The van der Waals surface area contributed by atoms with E-state index in [9.17, 15) is 26.4 Å². The Morgan fingerprint density at radius 2 is 1.79 bits per heavy atom. The number of ether oxygens (including phenoxy) is 1. The summed E-state index contributed by atoms with van der Waals surface area (Å²) in [5, 5.41) is 0. The van der Waals surface area contributed by atoms with E-state index in [0.29, 0.717) is 56.1 Å². The second-order valence-electron chi connectivity index (χ2n) is 8.03. The standard InChI is InChI=1S/C23H28F3N3O4S/c1-3-9-27-34(31,32)20-7-8-21(17(2)14-20)33-16-22(30)29-12-10-28(11-13-29)19-6-4-5-18(15-19)23(24,25)26/h4-8,14-15,27H,3,9-13,16H2,1-2H3. The molecule has 0 atom stereocenters. The molecular weight excluding hydrogens is 471 g/mol. The molecule has 1 aliphatic rings. The summed E-state index contributed by atoms with van der Waals surface area (Å²) >= 11 is 0. The van der Waals surface area contributed by atoms with Crippen LogP contribution in [0.5, 0.6) is 5.75 Å². The molecule has 34 heavy (non-hydrogen) atoms. The van der Waals surface area contributed by atoms with Gasteiger partial charge in [0, 0.05) is 38.4 Å². The van der Waals surface area contributed by atoms with Gasteiger partial charge in [-0.3, -0.25) is 4.79 Å². The van der Waals surface area contributed by atoms with Gasteiger partial charge in [-0.05, 0) is 55.3 Å². The molecule has 3 rings (SSSR count). The van der Waals surface area contributed by atoms with E-state index >= 15 is 0 Å². The first-order valence-electron chi connectivity index (χ1n) is 10.9. The molecule has 0 bridgehead atoms. The zero-order chi connectivity index (χ0) is 24.9. The molecule has 11 heteroatoms. The third kappa shape index (κ3) is 6.41. The Labute approximate surface area is 197 Å². The molecule has 1 fully saturated rings. The highest BCUT2D eigenvalue weighted by Gasteiger charge is 2.31. The number of sulfonamides is 1. The fraction of sp³-hybridized carbons (Fsp3) is 0.435. The summed E-state index contributed by atoms with van der Waals surface area (Å²) in [5.41, 5.74) is 0.353. The van der Waals surface area contributed by atoms with E-state index < -0.39 is 21.8 Å². The van der Waals surface area contributed by atoms with Gasteiger partial charge in [0.1, 0.15) is 5.75 Å². The SMILES string of the molecule is CCCNS(=O)(=O)c1ccc(OCC(=O)N2CCN(c3cccc(C(F)(F)F)c3)CC2)c(C)c1. The van der Waals surface area contributed by atoms with Crippen molar-refractivity contribution in [3.05, 3.63) is 53.6 Å². The van der Waals surface area contributed by atoms with Crippen LogP contribution in [-0.2, 0) is 21.0 Å². The van der Waals surface area contributed by atoms with E-state index in [4.69, 9.17) is 4.74 Å². The third-order valence-electron chi connectivity index (χ3n) is 5.52. The second-order valence-corrected chi connectivity index (χ2v) is 9.80. The molecule has 0 saturated carbocycles. The van der Waals surface area contributed by atoms with Crippen molar-refractivity contribution in [2.24, 2.45) is 0 Å². The summed E-state index contributed by atoms with van der Waals surface area (Å²) in [6.07, 6.45) is -3.73. The lowest BCUT2D eigenvalue weighted by atomic mass is 10.1. The number of halogens is 3. The van der Waals surface area contributed by atoms with Crippen molar-refractivity contribution < 1.29 is 31.1 Å². The highest BCUT2D eigenvalue weighted by molar-refractivity contribution is 7.89. The fourth-order valence-corrected chi connectivity index (χ4v) is 4.81. The number of alkyl halides is 3. The van der Waals surface area contributed by atoms with E-state index in [1.165, 1.54) is 24.3 Å². The number of amides is 1. The van der Waals surface area contributed by atoms with Crippen LogP contribution in [0.15, 0.2) is 47.4 Å². The molecule has 1 heterocycles. The minimum Gasteiger partial charge on any atom is -0.483 e. The van der Waals surface area contributed by atoms with Gasteiger partial charge in [0.2, 0.25) is 10.0 Å². The maximum Gasteiger partial charge on any atom is 0.416 e. The van der Waals surface area contributed by atoms with E-state index in [1.807, 2.05) is 11.8 Å². The van der Waals surface area contributed by atoms with Gasteiger partial charge in [-0.2, -0.15) is 13.2 Å². The number of piperazine rings is 1. The molecule has 0 spiro atoms. The second kappa shape index (κ2) is 10.6. The van der Waals surface area contributed by atoms with Gasteiger partial charge in [-0.1, -0.05) is 13.0 Å². The van der Waals surface area contributed by atoms with E-state index in [-0.39, 0.29) is 17.4 Å². The number of hydrogen-bond acceptors (Lipinski definition) is 5. The van der Waals surface area contributed by atoms with E-state index in [1.54, 1.807) is 17.9 Å². The summed E-state index contributed by atoms with van der Waals surface area (Å²) in [7, 11) is -3.60. The molecule has 0 unspecified atom stereocenters. The normalized spacial score (nSPS) is 14.9. The van der Waals surface area contributed by atoms with Crippen molar-refractivity contribution in [2.75, 3.05) is 44.2 Å². The molecule has 0 aliphatic carbocycles. The molecule has 1 aliphatic heterocycles. The summed E-state index contributed by atoms with van der Waals surface area (Å²) in [6.45, 7) is 5.22. The van der Waals surface area contributed by atoms with E-state index in [0.717, 1.165) is 12.1 Å². The smallest absolute Gasteiger partial charge is 0.416 e. The molecule has 1 N–H and O–H groups in total. The number of nitrogens with zero attached hydrogens (tertiary/aromatic N) is 2. The zero-order valence-electron chi connectivity index (χ0n) is 19.1. The Hall–Kier alpha value is -2.79. The number of rotatable bonds is 8. The van der Waals surface area contributed by atoms with Crippen molar-refractivity contribution in [1.82, 2.24) is 9.62 Å². The first kappa shape index (κ1) is 25.8. The molecule has 2 aromatic carbocycles. The fourth-order valence-electron chi connectivity index (χ4n) is 3.59. The highest BCUT2D eigenvalue weighted by Crippen LogP contribution is 2.32. The van der Waals surface area contributed by atoms with Crippen molar-refractivity contribution in [1.29, 1.82) is 0 Å². The third-order valence-corrected chi connectivity index (χ3v) is 6.98. The number of carbonyl (C=O) groups excluding carboxylic acids is 1. The van der Waals surface area contributed by atoms with Crippen LogP contribution in [0.3, 0.4) is 0 Å². The topological polar surface area (TPSA) is 78.9 Å². The quantitative estimate of drug-likeness (QED) is 0.602. The first-order valence-corrected chi connectivity index (χ1v) is 12.4. The summed E-state index contributed by atoms with van der Waals surface area (Å²) in [6, 6.07) is 9.60. The maximum absolute atomic E-state index is 13.0. The molecule has 2 aromatic rings. The lowest BCUT2D eigenvalue weighted by molar-refractivity contribution is -0.137. The van der Waals surface area contributed by atoms with Crippen LogP contribution in [0.1, 0.15) is 24.5 Å². The number of benzene rings is 2. The minimum absolute atomic E-state index is 0.128. The number of anilines is 1. The lowest BCUT2D eigenvalue weighted by Gasteiger charge is -2.36. The van der Waals surface area contributed by atoms with Crippen LogP contribution >= 0.6 is 0 Å².